The van der Waals surface area contributed by atoms with E-state index in [0.717, 1.165) is 24.0 Å². The van der Waals surface area contributed by atoms with Gasteiger partial charge in [0.2, 0.25) is 21.8 Å². The third-order valence-electron chi connectivity index (χ3n) is 5.81. The fourth-order valence-corrected chi connectivity index (χ4v) is 4.84. The minimum absolute atomic E-state index is 0.0534. The van der Waals surface area contributed by atoms with Crippen LogP contribution < -0.4 is 10.0 Å². The molecule has 0 aliphatic heterocycles. The Morgan fingerprint density at radius 2 is 1.62 bits per heavy atom. The Morgan fingerprint density at radius 3 is 2.21 bits per heavy atom. The highest BCUT2D eigenvalue weighted by Crippen LogP contribution is 2.22. The second-order valence-corrected chi connectivity index (χ2v) is 11.1. The number of carbonyl (C=O) groups excluding carboxylic acids is 2. The summed E-state index contributed by atoms with van der Waals surface area (Å²) in [7, 11) is -3.50. The van der Waals surface area contributed by atoms with E-state index in [2.05, 4.69) is 10.0 Å². The minimum Gasteiger partial charge on any atom is -0.354 e. The summed E-state index contributed by atoms with van der Waals surface area (Å²) in [4.78, 5) is 27.7. The molecule has 2 amide bonds. The molecule has 0 radical (unpaired) electrons. The van der Waals surface area contributed by atoms with Crippen molar-refractivity contribution in [3.63, 3.8) is 0 Å². The molecule has 0 spiro atoms. The van der Waals surface area contributed by atoms with Gasteiger partial charge >= 0.3 is 0 Å². The third-order valence-corrected chi connectivity index (χ3v) is 7.34. The topological polar surface area (TPSA) is 95.6 Å². The first-order valence-electron chi connectivity index (χ1n) is 11.9. The van der Waals surface area contributed by atoms with Gasteiger partial charge in [0, 0.05) is 25.6 Å². The molecule has 0 heterocycles. The van der Waals surface area contributed by atoms with Crippen molar-refractivity contribution in [1.82, 2.24) is 14.9 Å². The Balaban J connectivity index is 1.65. The SMILES string of the molecule is CC(C)CNC(=O)C(C)N(Cc1ccccc1)C(=O)CCc1ccc(S(=O)(=O)NC2CC2)cc1. The fourth-order valence-electron chi connectivity index (χ4n) is 3.53. The van der Waals surface area contributed by atoms with Crippen molar-refractivity contribution < 1.29 is 18.0 Å². The Kier molecular flexibility index (Phi) is 8.85. The van der Waals surface area contributed by atoms with Crippen molar-refractivity contribution in [2.24, 2.45) is 5.92 Å². The smallest absolute Gasteiger partial charge is 0.242 e. The van der Waals surface area contributed by atoms with Crippen LogP contribution >= 0.6 is 0 Å². The maximum absolute atomic E-state index is 13.2. The summed E-state index contributed by atoms with van der Waals surface area (Å²) >= 11 is 0. The predicted octanol–water partition coefficient (Wildman–Crippen LogP) is 3.25. The average molecular weight is 486 g/mol. The van der Waals surface area contributed by atoms with E-state index in [-0.39, 0.29) is 29.2 Å². The molecular formula is C26H35N3O4S. The molecule has 2 aromatic carbocycles. The van der Waals surface area contributed by atoms with Gasteiger partial charge in [-0.05, 0) is 55.4 Å². The zero-order valence-electron chi connectivity index (χ0n) is 20.2. The minimum atomic E-state index is -3.50. The molecule has 0 aromatic heterocycles. The van der Waals surface area contributed by atoms with Gasteiger partial charge in [-0.3, -0.25) is 9.59 Å². The van der Waals surface area contributed by atoms with Gasteiger partial charge in [0.15, 0.2) is 0 Å². The van der Waals surface area contributed by atoms with Crippen molar-refractivity contribution in [3.8, 4) is 0 Å². The van der Waals surface area contributed by atoms with Crippen molar-refractivity contribution in [3.05, 3.63) is 65.7 Å². The van der Waals surface area contributed by atoms with E-state index in [0.29, 0.717) is 25.4 Å². The second kappa shape index (κ2) is 11.6. The van der Waals surface area contributed by atoms with E-state index in [1.54, 1.807) is 36.1 Å². The molecule has 0 saturated heterocycles. The third kappa shape index (κ3) is 7.67. The molecule has 2 aromatic rings. The Labute approximate surface area is 203 Å². The zero-order valence-corrected chi connectivity index (χ0v) is 21.0. The molecule has 1 fully saturated rings. The number of nitrogens with one attached hydrogen (secondary N) is 2. The molecule has 184 valence electrons. The molecule has 2 N–H and O–H groups in total. The average Bonchev–Trinajstić information content (AvgIpc) is 3.63. The summed E-state index contributed by atoms with van der Waals surface area (Å²) in [5.74, 6) is 0.0273. The number of rotatable bonds is 12. The molecule has 0 bridgehead atoms. The fraction of sp³-hybridized carbons (Fsp3) is 0.462. The van der Waals surface area contributed by atoms with Gasteiger partial charge in [0.05, 0.1) is 4.90 Å². The summed E-state index contributed by atoms with van der Waals surface area (Å²) < 4.78 is 27.4. The van der Waals surface area contributed by atoms with Crippen LogP contribution in [0.3, 0.4) is 0 Å². The molecule has 1 aliphatic carbocycles. The van der Waals surface area contributed by atoms with Crippen LogP contribution in [0.2, 0.25) is 0 Å². The van der Waals surface area contributed by atoms with Gasteiger partial charge in [-0.25, -0.2) is 13.1 Å². The normalized spacial score (nSPS) is 14.6. The summed E-state index contributed by atoms with van der Waals surface area (Å²) in [6.07, 6.45) is 2.45. The van der Waals surface area contributed by atoms with Crippen molar-refractivity contribution in [2.45, 2.75) is 70.0 Å². The number of aryl methyl sites for hydroxylation is 1. The number of nitrogens with zero attached hydrogens (tertiary/aromatic N) is 1. The second-order valence-electron chi connectivity index (χ2n) is 9.36. The lowest BCUT2D eigenvalue weighted by atomic mass is 10.1. The molecule has 7 nitrogen and oxygen atoms in total. The van der Waals surface area contributed by atoms with Crippen LogP contribution in [0.4, 0.5) is 0 Å². The molecule has 1 aliphatic rings. The van der Waals surface area contributed by atoms with Crippen molar-refractivity contribution in [1.29, 1.82) is 0 Å². The lowest BCUT2D eigenvalue weighted by Gasteiger charge is -2.29. The molecule has 3 rings (SSSR count). The number of hydrogen-bond donors (Lipinski definition) is 2. The summed E-state index contributed by atoms with van der Waals surface area (Å²) in [5.41, 5.74) is 1.83. The highest BCUT2D eigenvalue weighted by molar-refractivity contribution is 7.89. The van der Waals surface area contributed by atoms with E-state index in [9.17, 15) is 18.0 Å². The van der Waals surface area contributed by atoms with Gasteiger partial charge in [-0.1, -0.05) is 56.3 Å². The molecule has 34 heavy (non-hydrogen) atoms. The Hall–Kier alpha value is -2.71. The lowest BCUT2D eigenvalue weighted by molar-refractivity contribution is -0.140. The summed E-state index contributed by atoms with van der Waals surface area (Å²) in [6.45, 7) is 6.71. The van der Waals surface area contributed by atoms with E-state index >= 15 is 0 Å². The van der Waals surface area contributed by atoms with E-state index in [4.69, 9.17) is 0 Å². The number of benzene rings is 2. The van der Waals surface area contributed by atoms with Crippen LogP contribution in [0, 0.1) is 5.92 Å². The first-order valence-corrected chi connectivity index (χ1v) is 13.4. The summed E-state index contributed by atoms with van der Waals surface area (Å²) in [5, 5.41) is 2.92. The quantitative estimate of drug-likeness (QED) is 0.482. The largest absolute Gasteiger partial charge is 0.354 e. The zero-order chi connectivity index (χ0) is 24.7. The monoisotopic (exact) mass is 485 g/mol. The standard InChI is InChI=1S/C26H35N3O4S/c1-19(2)17-27-26(31)20(3)29(18-22-7-5-4-6-8-22)25(30)16-11-21-9-14-24(15-10-21)34(32,33)28-23-12-13-23/h4-10,14-15,19-20,23,28H,11-13,16-18H2,1-3H3,(H,27,31). The predicted molar refractivity (Wildman–Crippen MR) is 132 cm³/mol. The van der Waals surface area contributed by atoms with Crippen LogP contribution in [-0.2, 0) is 32.6 Å². The Bertz CT molecular complexity index is 1060. The van der Waals surface area contributed by atoms with Gasteiger partial charge in [0.25, 0.3) is 0 Å². The molecule has 1 atom stereocenters. The van der Waals surface area contributed by atoms with Gasteiger partial charge < -0.3 is 10.2 Å². The molecular weight excluding hydrogens is 450 g/mol. The maximum Gasteiger partial charge on any atom is 0.242 e. The van der Waals surface area contributed by atoms with E-state index < -0.39 is 16.1 Å². The van der Waals surface area contributed by atoms with Gasteiger partial charge in [-0.2, -0.15) is 0 Å². The van der Waals surface area contributed by atoms with Crippen LogP contribution in [0.5, 0.6) is 0 Å². The van der Waals surface area contributed by atoms with Crippen LogP contribution in [0.1, 0.15) is 51.2 Å². The number of hydrogen-bond acceptors (Lipinski definition) is 4. The van der Waals surface area contributed by atoms with Crippen molar-refractivity contribution in [2.75, 3.05) is 6.54 Å². The molecule has 8 heteroatoms. The number of sulfonamides is 1. The van der Waals surface area contributed by atoms with E-state index in [1.807, 2.05) is 44.2 Å². The van der Waals surface area contributed by atoms with Crippen LogP contribution in [0.25, 0.3) is 0 Å². The molecule has 1 unspecified atom stereocenters. The maximum atomic E-state index is 13.2. The molecule has 1 saturated carbocycles. The van der Waals surface area contributed by atoms with Gasteiger partial charge in [-0.15, -0.1) is 0 Å². The highest BCUT2D eigenvalue weighted by Gasteiger charge is 2.28. The first kappa shape index (κ1) is 25.9. The van der Waals surface area contributed by atoms with Crippen molar-refractivity contribution >= 4 is 21.8 Å². The number of carbonyl (C=O) groups is 2. The van der Waals surface area contributed by atoms with Crippen LogP contribution in [0.15, 0.2) is 59.5 Å². The summed E-state index contributed by atoms with van der Waals surface area (Å²) in [6, 6.07) is 15.7. The van der Waals surface area contributed by atoms with Crippen LogP contribution in [-0.4, -0.2) is 43.8 Å². The first-order chi connectivity index (χ1) is 16.2. The Morgan fingerprint density at radius 1 is 0.971 bits per heavy atom. The van der Waals surface area contributed by atoms with E-state index in [1.165, 1.54) is 0 Å². The lowest BCUT2D eigenvalue weighted by Crippen LogP contribution is -2.48. The number of amides is 2. The highest BCUT2D eigenvalue weighted by atomic mass is 32.2. The van der Waals surface area contributed by atoms with Gasteiger partial charge in [0.1, 0.15) is 6.04 Å².